The number of alkyl halides is 1. The molecule has 1 aromatic carbocycles. The number of sulfonamides is 1. The van der Waals surface area contributed by atoms with Gasteiger partial charge in [0.25, 0.3) is 10.0 Å². The Morgan fingerprint density at radius 3 is 2.83 bits per heavy atom. The van der Waals surface area contributed by atoms with Crippen molar-refractivity contribution in [1.29, 1.82) is 0 Å². The molecule has 0 saturated carbocycles. The van der Waals surface area contributed by atoms with Crippen molar-refractivity contribution in [2.75, 3.05) is 6.54 Å². The molecule has 0 bridgehead atoms. The first-order valence-corrected chi connectivity index (χ1v) is 7.77. The molecule has 6 heteroatoms. The van der Waals surface area contributed by atoms with Crippen molar-refractivity contribution in [3.8, 4) is 0 Å². The minimum atomic E-state index is -3.44. The third-order valence-electron chi connectivity index (χ3n) is 2.71. The number of rotatable bonds is 4. The van der Waals surface area contributed by atoms with E-state index >= 15 is 0 Å². The third kappa shape index (κ3) is 2.67. The summed E-state index contributed by atoms with van der Waals surface area (Å²) in [5, 5.41) is -0.0558. The molecular weight excluding hydrogens is 272 g/mol. The van der Waals surface area contributed by atoms with Crippen molar-refractivity contribution in [3.05, 3.63) is 29.8 Å². The molecule has 0 radical (unpaired) electrons. The van der Waals surface area contributed by atoms with Crippen molar-refractivity contribution in [1.82, 2.24) is 4.72 Å². The highest BCUT2D eigenvalue weighted by Crippen LogP contribution is 2.22. The number of amidine groups is 1. The van der Waals surface area contributed by atoms with Gasteiger partial charge in [0.05, 0.1) is 16.8 Å². The molecule has 1 heterocycles. The monoisotopic (exact) mass is 286 g/mol. The lowest BCUT2D eigenvalue weighted by Gasteiger charge is -2.04. The molecule has 0 fully saturated rings. The number of fused-ring (bicyclic) bond motifs is 1. The van der Waals surface area contributed by atoms with Gasteiger partial charge in [0, 0.05) is 5.56 Å². The summed E-state index contributed by atoms with van der Waals surface area (Å²) in [6.45, 7) is 2.47. The minimum Gasteiger partial charge on any atom is -0.266 e. The van der Waals surface area contributed by atoms with Crippen LogP contribution in [0.5, 0.6) is 0 Å². The van der Waals surface area contributed by atoms with Gasteiger partial charge in [-0.1, -0.05) is 25.5 Å². The molecule has 0 aromatic heterocycles. The summed E-state index contributed by atoms with van der Waals surface area (Å²) in [6, 6.07) is 6.81. The van der Waals surface area contributed by atoms with E-state index in [2.05, 4.69) is 16.6 Å². The van der Waals surface area contributed by atoms with E-state index in [0.717, 1.165) is 12.8 Å². The van der Waals surface area contributed by atoms with E-state index in [0.29, 0.717) is 17.9 Å². The van der Waals surface area contributed by atoms with Crippen molar-refractivity contribution < 1.29 is 8.42 Å². The molecule has 0 spiro atoms. The SMILES string of the molecule is CCCC(Cl)CN=C1NS(=O)(=O)c2ccccc21. The van der Waals surface area contributed by atoms with E-state index in [4.69, 9.17) is 11.6 Å². The Morgan fingerprint density at radius 2 is 2.11 bits per heavy atom. The fourth-order valence-corrected chi connectivity index (χ4v) is 3.38. The maximum Gasteiger partial charge on any atom is 0.263 e. The van der Waals surface area contributed by atoms with Gasteiger partial charge in [-0.25, -0.2) is 8.42 Å². The summed E-state index contributed by atoms with van der Waals surface area (Å²) in [4.78, 5) is 4.56. The number of halogens is 1. The van der Waals surface area contributed by atoms with Crippen molar-refractivity contribution in [3.63, 3.8) is 0 Å². The number of nitrogens with zero attached hydrogens (tertiary/aromatic N) is 1. The predicted molar refractivity (Wildman–Crippen MR) is 72.7 cm³/mol. The van der Waals surface area contributed by atoms with Crippen LogP contribution in [-0.2, 0) is 10.0 Å². The van der Waals surface area contributed by atoms with Gasteiger partial charge in [-0.15, -0.1) is 11.6 Å². The molecule has 0 amide bonds. The van der Waals surface area contributed by atoms with Crippen LogP contribution in [-0.4, -0.2) is 26.2 Å². The highest BCUT2D eigenvalue weighted by atomic mass is 35.5. The van der Waals surface area contributed by atoms with Crippen LogP contribution in [0.4, 0.5) is 0 Å². The largest absolute Gasteiger partial charge is 0.266 e. The van der Waals surface area contributed by atoms with Crippen LogP contribution >= 0.6 is 11.6 Å². The lowest BCUT2D eigenvalue weighted by Crippen LogP contribution is -2.23. The summed E-state index contributed by atoms with van der Waals surface area (Å²) in [5.41, 5.74) is 0.623. The molecule has 1 aromatic rings. The fourth-order valence-electron chi connectivity index (χ4n) is 1.85. The lowest BCUT2D eigenvalue weighted by atomic mass is 10.2. The zero-order valence-corrected chi connectivity index (χ0v) is 11.6. The Bertz CT molecular complexity index is 569. The second kappa shape index (κ2) is 5.28. The molecule has 4 nitrogen and oxygen atoms in total. The van der Waals surface area contributed by atoms with Crippen molar-refractivity contribution in [2.45, 2.75) is 30.0 Å². The molecule has 2 rings (SSSR count). The average Bonchev–Trinajstić information content (AvgIpc) is 2.60. The molecular formula is C12H15ClN2O2S. The van der Waals surface area contributed by atoms with Crippen LogP contribution in [0, 0.1) is 0 Å². The van der Waals surface area contributed by atoms with Gasteiger partial charge >= 0.3 is 0 Å². The Hall–Kier alpha value is -1.07. The van der Waals surface area contributed by atoms with Crippen LogP contribution in [0.2, 0.25) is 0 Å². The first-order chi connectivity index (χ1) is 8.54. The van der Waals surface area contributed by atoms with Gasteiger partial charge in [-0.3, -0.25) is 9.71 Å². The Labute approximate surface area is 112 Å². The molecule has 98 valence electrons. The van der Waals surface area contributed by atoms with Gasteiger partial charge in [0.2, 0.25) is 0 Å². The highest BCUT2D eigenvalue weighted by molar-refractivity contribution is 7.90. The zero-order chi connectivity index (χ0) is 13.2. The summed E-state index contributed by atoms with van der Waals surface area (Å²) in [6.07, 6.45) is 1.86. The fraction of sp³-hybridized carbons (Fsp3) is 0.417. The van der Waals surface area contributed by atoms with Crippen LogP contribution in [0.3, 0.4) is 0 Å². The smallest absolute Gasteiger partial charge is 0.263 e. The van der Waals surface area contributed by atoms with E-state index in [9.17, 15) is 8.42 Å². The first kappa shape index (κ1) is 13.4. The summed E-state index contributed by atoms with van der Waals surface area (Å²) in [5.74, 6) is 0.396. The van der Waals surface area contributed by atoms with E-state index in [1.165, 1.54) is 0 Å². The Kier molecular flexibility index (Phi) is 3.92. The predicted octanol–water partition coefficient (Wildman–Crippen LogP) is 2.13. The second-order valence-electron chi connectivity index (χ2n) is 4.18. The molecule has 1 N–H and O–H groups in total. The molecule has 1 aliphatic rings. The maximum atomic E-state index is 11.8. The molecule has 0 aliphatic carbocycles. The maximum absolute atomic E-state index is 11.8. The highest BCUT2D eigenvalue weighted by Gasteiger charge is 2.30. The molecule has 18 heavy (non-hydrogen) atoms. The normalized spacial score (nSPS) is 20.4. The molecule has 1 unspecified atom stereocenters. The summed E-state index contributed by atoms with van der Waals surface area (Å²) in [7, 11) is -3.44. The Morgan fingerprint density at radius 1 is 1.39 bits per heavy atom. The van der Waals surface area contributed by atoms with Crippen LogP contribution < -0.4 is 4.72 Å². The zero-order valence-electron chi connectivity index (χ0n) is 10.1. The van der Waals surface area contributed by atoms with Crippen LogP contribution in [0.15, 0.2) is 34.2 Å². The van der Waals surface area contributed by atoms with E-state index in [1.807, 2.05) is 0 Å². The number of benzene rings is 1. The number of hydrogen-bond acceptors (Lipinski definition) is 3. The Balaban J connectivity index is 2.25. The van der Waals surface area contributed by atoms with Crippen LogP contribution in [0.25, 0.3) is 0 Å². The average molecular weight is 287 g/mol. The number of nitrogens with one attached hydrogen (secondary N) is 1. The quantitative estimate of drug-likeness (QED) is 0.862. The van der Waals surface area contributed by atoms with Gasteiger partial charge in [0.1, 0.15) is 5.84 Å². The van der Waals surface area contributed by atoms with Gasteiger partial charge in [0.15, 0.2) is 0 Å². The second-order valence-corrected chi connectivity index (χ2v) is 6.44. The first-order valence-electron chi connectivity index (χ1n) is 5.85. The minimum absolute atomic E-state index is 0.0558. The van der Waals surface area contributed by atoms with E-state index in [1.54, 1.807) is 24.3 Å². The van der Waals surface area contributed by atoms with Gasteiger partial charge in [-0.05, 0) is 18.6 Å². The molecule has 1 atom stereocenters. The third-order valence-corrected chi connectivity index (χ3v) is 4.47. The number of aliphatic imine (C=N–C) groups is 1. The van der Waals surface area contributed by atoms with Crippen molar-refractivity contribution in [2.24, 2.45) is 4.99 Å². The topological polar surface area (TPSA) is 58.5 Å². The van der Waals surface area contributed by atoms with E-state index in [-0.39, 0.29) is 10.3 Å². The summed E-state index contributed by atoms with van der Waals surface area (Å²) >= 11 is 6.07. The summed E-state index contributed by atoms with van der Waals surface area (Å²) < 4.78 is 26.1. The van der Waals surface area contributed by atoms with Gasteiger partial charge in [-0.2, -0.15) is 0 Å². The standard InChI is InChI=1S/C12H15ClN2O2S/c1-2-5-9(13)8-14-12-10-6-3-4-7-11(10)18(16,17)15-12/h3-4,6-7,9H,2,5,8H2,1H3,(H,14,15). The molecule has 0 saturated heterocycles. The van der Waals surface area contributed by atoms with Gasteiger partial charge < -0.3 is 0 Å². The van der Waals surface area contributed by atoms with Crippen molar-refractivity contribution >= 4 is 27.5 Å². The van der Waals surface area contributed by atoms with Crippen LogP contribution in [0.1, 0.15) is 25.3 Å². The number of hydrogen-bond donors (Lipinski definition) is 1. The lowest BCUT2D eigenvalue weighted by molar-refractivity contribution is 0.595. The van der Waals surface area contributed by atoms with E-state index < -0.39 is 10.0 Å². The molecule has 1 aliphatic heterocycles.